The summed E-state index contributed by atoms with van der Waals surface area (Å²) in [5.74, 6) is 0. The molecule has 0 aliphatic heterocycles. The van der Waals surface area contributed by atoms with E-state index in [1.165, 1.54) is 0 Å². The Labute approximate surface area is 99.5 Å². The molecule has 0 saturated heterocycles. The first-order chi connectivity index (χ1) is 8.27. The van der Waals surface area contributed by atoms with E-state index in [1.54, 1.807) is 0 Å². The quantitative estimate of drug-likeness (QED) is 0.644. The van der Waals surface area contributed by atoms with Gasteiger partial charge in [-0.3, -0.25) is 4.57 Å². The topological polar surface area (TPSA) is 43.8 Å². The molecule has 0 aliphatic carbocycles. The van der Waals surface area contributed by atoms with E-state index in [4.69, 9.17) is 5.73 Å². The van der Waals surface area contributed by atoms with E-state index < -0.39 is 0 Å². The second-order valence-corrected chi connectivity index (χ2v) is 4.12. The molecule has 84 valence electrons. The van der Waals surface area contributed by atoms with E-state index in [-0.39, 0.29) is 0 Å². The van der Waals surface area contributed by atoms with Gasteiger partial charge < -0.3 is 5.73 Å². The molecular weight excluding hydrogens is 210 g/mol. The average Bonchev–Trinajstić information content (AvgIpc) is 2.73. The Bertz CT molecular complexity index is 663. The number of hydrogen-bond acceptors (Lipinski definition) is 2. The molecule has 3 aromatic rings. The number of anilines is 1. The largest absolute Gasteiger partial charge is 0.397 e. The summed E-state index contributed by atoms with van der Waals surface area (Å²) in [4.78, 5) is 4.38. The smallest absolute Gasteiger partial charge is 0.100 e. The summed E-state index contributed by atoms with van der Waals surface area (Å²) in [7, 11) is 0. The lowest BCUT2D eigenvalue weighted by molar-refractivity contribution is 1.08. The second-order valence-electron chi connectivity index (χ2n) is 4.12. The fourth-order valence-electron chi connectivity index (χ4n) is 2.15. The molecule has 0 spiro atoms. The molecule has 0 radical (unpaired) electrons. The Kier molecular flexibility index (Phi) is 2.11. The van der Waals surface area contributed by atoms with E-state index in [0.29, 0.717) is 0 Å². The summed E-state index contributed by atoms with van der Waals surface area (Å²) in [6.07, 6.45) is 1.82. The monoisotopic (exact) mass is 223 g/mol. The van der Waals surface area contributed by atoms with Crippen molar-refractivity contribution in [3.05, 3.63) is 54.4 Å². The van der Waals surface area contributed by atoms with Crippen molar-refractivity contribution in [2.75, 3.05) is 5.73 Å². The summed E-state index contributed by atoms with van der Waals surface area (Å²) >= 11 is 0. The molecular formula is C14H13N3. The van der Waals surface area contributed by atoms with Gasteiger partial charge in [-0.15, -0.1) is 0 Å². The van der Waals surface area contributed by atoms with Crippen molar-refractivity contribution in [3.63, 3.8) is 0 Å². The highest BCUT2D eigenvalue weighted by atomic mass is 15.1. The van der Waals surface area contributed by atoms with Gasteiger partial charge in [-0.05, 0) is 30.7 Å². The molecule has 3 heteroatoms. The van der Waals surface area contributed by atoms with E-state index in [1.807, 2.05) is 47.3 Å². The highest BCUT2D eigenvalue weighted by Crippen LogP contribution is 2.25. The van der Waals surface area contributed by atoms with Gasteiger partial charge in [0.15, 0.2) is 0 Å². The minimum absolute atomic E-state index is 0.771. The highest BCUT2D eigenvalue weighted by molar-refractivity contribution is 5.79. The van der Waals surface area contributed by atoms with Crippen LogP contribution >= 0.6 is 0 Å². The summed E-state index contributed by atoms with van der Waals surface area (Å²) in [6, 6.07) is 14.0. The van der Waals surface area contributed by atoms with Gasteiger partial charge in [-0.2, -0.15) is 0 Å². The maximum Gasteiger partial charge on any atom is 0.100 e. The van der Waals surface area contributed by atoms with Crippen molar-refractivity contribution in [2.45, 2.75) is 6.92 Å². The van der Waals surface area contributed by atoms with Crippen LogP contribution in [0.1, 0.15) is 5.56 Å². The van der Waals surface area contributed by atoms with Crippen molar-refractivity contribution in [1.29, 1.82) is 0 Å². The van der Waals surface area contributed by atoms with E-state index in [2.05, 4.69) is 18.0 Å². The van der Waals surface area contributed by atoms with Crippen LogP contribution in [0.2, 0.25) is 0 Å². The molecule has 1 aromatic heterocycles. The first kappa shape index (κ1) is 9.90. The summed E-state index contributed by atoms with van der Waals surface area (Å²) in [5, 5.41) is 0. The summed E-state index contributed by atoms with van der Waals surface area (Å²) < 4.78 is 2.04. The second kappa shape index (κ2) is 3.63. The molecule has 1 heterocycles. The maximum atomic E-state index is 6.06. The molecule has 3 rings (SSSR count). The number of nitrogen functional groups attached to an aromatic ring is 1. The zero-order valence-corrected chi connectivity index (χ0v) is 9.59. The number of nitrogens with two attached hydrogens (primary N) is 1. The predicted molar refractivity (Wildman–Crippen MR) is 70.2 cm³/mol. The minimum Gasteiger partial charge on any atom is -0.397 e. The fraction of sp³-hybridized carbons (Fsp3) is 0.0714. The average molecular weight is 223 g/mol. The third-order valence-electron chi connectivity index (χ3n) is 2.96. The lowest BCUT2D eigenvalue weighted by atomic mass is 10.1. The molecule has 0 amide bonds. The minimum atomic E-state index is 0.771. The van der Waals surface area contributed by atoms with Crippen LogP contribution in [0, 0.1) is 6.92 Å². The van der Waals surface area contributed by atoms with Crippen LogP contribution in [0.15, 0.2) is 48.8 Å². The van der Waals surface area contributed by atoms with Crippen LogP contribution in [0.3, 0.4) is 0 Å². The molecule has 0 atom stereocenters. The Morgan fingerprint density at radius 2 is 1.88 bits per heavy atom. The number of para-hydroxylation sites is 3. The maximum absolute atomic E-state index is 6.06. The van der Waals surface area contributed by atoms with E-state index >= 15 is 0 Å². The number of fused-ring (bicyclic) bond motifs is 1. The molecule has 2 aromatic carbocycles. The lowest BCUT2D eigenvalue weighted by Crippen LogP contribution is -2.00. The van der Waals surface area contributed by atoms with Gasteiger partial charge in [0.25, 0.3) is 0 Å². The molecule has 0 saturated carbocycles. The van der Waals surface area contributed by atoms with Gasteiger partial charge in [0, 0.05) is 0 Å². The molecule has 3 nitrogen and oxygen atoms in total. The van der Waals surface area contributed by atoms with Crippen LogP contribution < -0.4 is 5.73 Å². The van der Waals surface area contributed by atoms with Gasteiger partial charge in [-0.25, -0.2) is 4.98 Å². The first-order valence-corrected chi connectivity index (χ1v) is 5.55. The Hall–Kier alpha value is -2.29. The Balaban J connectivity index is 2.35. The first-order valence-electron chi connectivity index (χ1n) is 5.55. The SMILES string of the molecule is Cc1cccc(N)c1-n1cnc2ccccc21. The molecule has 0 fully saturated rings. The third kappa shape index (κ3) is 1.47. The number of aromatic nitrogens is 2. The van der Waals surface area contributed by atoms with Gasteiger partial charge >= 0.3 is 0 Å². The van der Waals surface area contributed by atoms with Crippen molar-refractivity contribution in [2.24, 2.45) is 0 Å². The number of aryl methyl sites for hydroxylation is 1. The van der Waals surface area contributed by atoms with Crippen molar-refractivity contribution in [3.8, 4) is 5.69 Å². The highest BCUT2D eigenvalue weighted by Gasteiger charge is 2.08. The predicted octanol–water partition coefficient (Wildman–Crippen LogP) is 2.92. The molecule has 0 aliphatic rings. The van der Waals surface area contributed by atoms with E-state index in [0.717, 1.165) is 28.0 Å². The van der Waals surface area contributed by atoms with Gasteiger partial charge in [-0.1, -0.05) is 24.3 Å². The zero-order valence-electron chi connectivity index (χ0n) is 9.59. The Morgan fingerprint density at radius 1 is 1.06 bits per heavy atom. The summed E-state index contributed by atoms with van der Waals surface area (Å²) in [5.41, 5.74) is 11.0. The van der Waals surface area contributed by atoms with Gasteiger partial charge in [0.1, 0.15) is 6.33 Å². The van der Waals surface area contributed by atoms with Crippen molar-refractivity contribution >= 4 is 16.7 Å². The normalized spacial score (nSPS) is 10.9. The lowest BCUT2D eigenvalue weighted by Gasteiger charge is -2.10. The van der Waals surface area contributed by atoms with Gasteiger partial charge in [0.05, 0.1) is 22.4 Å². The van der Waals surface area contributed by atoms with Crippen molar-refractivity contribution < 1.29 is 0 Å². The molecule has 0 unspecified atom stereocenters. The molecule has 17 heavy (non-hydrogen) atoms. The van der Waals surface area contributed by atoms with Crippen LogP contribution in [-0.4, -0.2) is 9.55 Å². The Morgan fingerprint density at radius 3 is 2.71 bits per heavy atom. The number of nitrogens with zero attached hydrogens (tertiary/aromatic N) is 2. The summed E-state index contributed by atoms with van der Waals surface area (Å²) in [6.45, 7) is 2.06. The number of hydrogen-bond donors (Lipinski definition) is 1. The van der Waals surface area contributed by atoms with Crippen molar-refractivity contribution in [1.82, 2.24) is 9.55 Å². The van der Waals surface area contributed by atoms with Gasteiger partial charge in [0.2, 0.25) is 0 Å². The van der Waals surface area contributed by atoms with Crippen LogP contribution in [0.25, 0.3) is 16.7 Å². The molecule has 2 N–H and O–H groups in total. The fourth-order valence-corrected chi connectivity index (χ4v) is 2.15. The number of rotatable bonds is 1. The van der Waals surface area contributed by atoms with Crippen LogP contribution in [0.5, 0.6) is 0 Å². The number of imidazole rings is 1. The zero-order chi connectivity index (χ0) is 11.8. The molecule has 0 bridgehead atoms. The van der Waals surface area contributed by atoms with Crippen LogP contribution in [-0.2, 0) is 0 Å². The standard InChI is InChI=1S/C14H13N3/c1-10-5-4-6-11(15)14(10)17-9-16-12-7-2-3-8-13(12)17/h2-9H,15H2,1H3. The third-order valence-corrected chi connectivity index (χ3v) is 2.96. The number of benzene rings is 2. The van der Waals surface area contributed by atoms with E-state index in [9.17, 15) is 0 Å². The van der Waals surface area contributed by atoms with Crippen LogP contribution in [0.4, 0.5) is 5.69 Å².